The Morgan fingerprint density at radius 3 is 2.07 bits per heavy atom. The van der Waals surface area contributed by atoms with Gasteiger partial charge < -0.3 is 9.84 Å². The number of nitrogens with zero attached hydrogens (tertiary/aromatic N) is 1. The first-order chi connectivity index (χ1) is 13.1. The summed E-state index contributed by atoms with van der Waals surface area (Å²) in [6, 6.07) is 8.48. The van der Waals surface area contributed by atoms with Gasteiger partial charge in [0.15, 0.2) is 5.75 Å². The number of carboxylic acid groups (broad SMARTS) is 1. The van der Waals surface area contributed by atoms with Gasteiger partial charge >= 0.3 is 6.16 Å². The Balaban J connectivity index is 1.78. The Kier molecular flexibility index (Phi) is 4.11. The quantitative estimate of drug-likeness (QED) is 0.677. The second-order valence-electron chi connectivity index (χ2n) is 9.81. The fourth-order valence-electron chi connectivity index (χ4n) is 4.85. The molecule has 4 rings (SSSR count). The molecule has 0 atom stereocenters. The van der Waals surface area contributed by atoms with E-state index in [1.165, 1.54) is 41.3 Å². The van der Waals surface area contributed by atoms with Crippen molar-refractivity contribution >= 4 is 6.16 Å². The van der Waals surface area contributed by atoms with Crippen molar-refractivity contribution in [3.05, 3.63) is 58.4 Å². The summed E-state index contributed by atoms with van der Waals surface area (Å²) in [5.74, 6) is 0.261. The number of ether oxygens (including phenoxy) is 1. The summed E-state index contributed by atoms with van der Waals surface area (Å²) in [6.07, 6.45) is 4.76. The number of hydrogen-bond donors (Lipinski definition) is 1. The van der Waals surface area contributed by atoms with Crippen LogP contribution in [-0.4, -0.2) is 16.2 Å². The number of carbonyl (C=O) groups is 1. The maximum absolute atomic E-state index is 10.7. The number of rotatable bonds is 3. The van der Waals surface area contributed by atoms with Gasteiger partial charge in [-0.25, -0.2) is 4.79 Å². The highest BCUT2D eigenvalue weighted by Crippen LogP contribution is 2.56. The Morgan fingerprint density at radius 1 is 0.964 bits per heavy atom. The third-order valence-corrected chi connectivity index (χ3v) is 6.90. The molecule has 0 saturated heterocycles. The number of aryl methyl sites for hydroxylation is 1. The van der Waals surface area contributed by atoms with Crippen LogP contribution in [0.25, 0.3) is 0 Å². The molecular formula is C24H29NO3. The van der Waals surface area contributed by atoms with Crippen molar-refractivity contribution in [3.63, 3.8) is 0 Å². The molecule has 0 amide bonds. The van der Waals surface area contributed by atoms with Crippen LogP contribution in [0.1, 0.15) is 81.3 Å². The van der Waals surface area contributed by atoms with Crippen LogP contribution in [0, 0.1) is 6.92 Å². The van der Waals surface area contributed by atoms with Crippen molar-refractivity contribution in [1.29, 1.82) is 0 Å². The van der Waals surface area contributed by atoms with Crippen LogP contribution in [0.15, 0.2) is 30.5 Å². The average molecular weight is 380 g/mol. The molecule has 1 fully saturated rings. The molecule has 1 aromatic heterocycles. The van der Waals surface area contributed by atoms with E-state index in [0.717, 1.165) is 18.5 Å². The van der Waals surface area contributed by atoms with Crippen molar-refractivity contribution in [2.24, 2.45) is 0 Å². The second kappa shape index (κ2) is 6.07. The van der Waals surface area contributed by atoms with Gasteiger partial charge in [0.1, 0.15) is 0 Å². The maximum atomic E-state index is 10.7. The Hall–Kier alpha value is -2.36. The third kappa shape index (κ3) is 2.99. The molecular weight excluding hydrogens is 350 g/mol. The number of fused-ring (bicyclic) bond motifs is 1. The molecule has 2 aliphatic rings. The Bertz CT molecular complexity index is 937. The SMILES string of the molecule is Cc1cc2c(cc1C1(c3ccc(OC(=O)O)cn3)CC1)C(C)(C)CCC2(C)C. The lowest BCUT2D eigenvalue weighted by Gasteiger charge is -2.43. The summed E-state index contributed by atoms with van der Waals surface area (Å²) in [5, 5.41) is 8.78. The van der Waals surface area contributed by atoms with E-state index in [9.17, 15) is 4.79 Å². The zero-order chi connectivity index (χ0) is 20.3. The van der Waals surface area contributed by atoms with E-state index in [-0.39, 0.29) is 22.0 Å². The van der Waals surface area contributed by atoms with E-state index in [1.54, 1.807) is 6.07 Å². The summed E-state index contributed by atoms with van der Waals surface area (Å²) in [5.41, 5.74) is 6.99. The average Bonchev–Trinajstić information content (AvgIpc) is 3.40. The molecule has 2 aliphatic carbocycles. The van der Waals surface area contributed by atoms with Gasteiger partial charge in [-0.2, -0.15) is 0 Å². The molecule has 1 N–H and O–H groups in total. The number of hydrogen-bond acceptors (Lipinski definition) is 3. The molecule has 1 heterocycles. The van der Waals surface area contributed by atoms with E-state index in [2.05, 4.69) is 51.7 Å². The van der Waals surface area contributed by atoms with Crippen molar-refractivity contribution in [1.82, 2.24) is 4.98 Å². The Morgan fingerprint density at radius 2 is 1.57 bits per heavy atom. The summed E-state index contributed by atoms with van der Waals surface area (Å²) in [7, 11) is 0. The smallest absolute Gasteiger partial charge is 0.449 e. The highest BCUT2D eigenvalue weighted by molar-refractivity contribution is 5.61. The standard InChI is InChI=1S/C24H29NO3/c1-15-12-18-19(23(4,5)9-8-22(18,2)3)13-17(15)24(10-11-24)20-7-6-16(14-25-20)28-21(26)27/h6-7,12-14H,8-11H2,1-5H3,(H,26,27). The van der Waals surface area contributed by atoms with Crippen LogP contribution in [0.3, 0.4) is 0 Å². The molecule has 0 aliphatic heterocycles. The van der Waals surface area contributed by atoms with Crippen molar-refractivity contribution in [3.8, 4) is 5.75 Å². The zero-order valence-electron chi connectivity index (χ0n) is 17.4. The first-order valence-corrected chi connectivity index (χ1v) is 10.1. The fourth-order valence-corrected chi connectivity index (χ4v) is 4.85. The molecule has 0 radical (unpaired) electrons. The monoisotopic (exact) mass is 379 g/mol. The molecule has 4 nitrogen and oxygen atoms in total. The molecule has 2 aromatic rings. The Labute approximate surface area is 167 Å². The van der Waals surface area contributed by atoms with Crippen LogP contribution in [0.5, 0.6) is 5.75 Å². The van der Waals surface area contributed by atoms with E-state index in [4.69, 9.17) is 9.84 Å². The first kappa shape index (κ1) is 19.0. The summed E-state index contributed by atoms with van der Waals surface area (Å²) in [4.78, 5) is 15.3. The second-order valence-corrected chi connectivity index (χ2v) is 9.81. The van der Waals surface area contributed by atoms with Gasteiger partial charge in [-0.15, -0.1) is 0 Å². The summed E-state index contributed by atoms with van der Waals surface area (Å²) >= 11 is 0. The van der Waals surface area contributed by atoms with Crippen LogP contribution in [0.2, 0.25) is 0 Å². The maximum Gasteiger partial charge on any atom is 0.511 e. The van der Waals surface area contributed by atoms with Crippen LogP contribution in [0.4, 0.5) is 4.79 Å². The lowest BCUT2D eigenvalue weighted by molar-refractivity contribution is 0.144. The minimum Gasteiger partial charge on any atom is -0.449 e. The number of benzene rings is 1. The number of pyridine rings is 1. The first-order valence-electron chi connectivity index (χ1n) is 10.1. The largest absolute Gasteiger partial charge is 0.511 e. The molecule has 1 saturated carbocycles. The van der Waals surface area contributed by atoms with Crippen molar-refractivity contribution in [2.75, 3.05) is 0 Å². The third-order valence-electron chi connectivity index (χ3n) is 6.90. The van der Waals surface area contributed by atoms with E-state index in [0.29, 0.717) is 0 Å². The molecule has 148 valence electrons. The molecule has 1 aromatic carbocycles. The molecule has 28 heavy (non-hydrogen) atoms. The van der Waals surface area contributed by atoms with Gasteiger partial charge in [-0.05, 0) is 77.8 Å². The molecule has 0 bridgehead atoms. The highest BCUT2D eigenvalue weighted by Gasteiger charge is 2.49. The van der Waals surface area contributed by atoms with Gasteiger partial charge in [0.2, 0.25) is 0 Å². The van der Waals surface area contributed by atoms with Crippen LogP contribution < -0.4 is 4.74 Å². The summed E-state index contributed by atoms with van der Waals surface area (Å²) in [6.45, 7) is 11.6. The highest BCUT2D eigenvalue weighted by atomic mass is 16.7. The lowest BCUT2D eigenvalue weighted by Crippen LogP contribution is -2.34. The lowest BCUT2D eigenvalue weighted by atomic mass is 9.62. The van der Waals surface area contributed by atoms with E-state index in [1.807, 2.05) is 6.07 Å². The normalized spacial score (nSPS) is 20.9. The minimum atomic E-state index is -1.31. The van der Waals surface area contributed by atoms with Gasteiger partial charge in [0, 0.05) is 5.41 Å². The van der Waals surface area contributed by atoms with Crippen molar-refractivity contribution < 1.29 is 14.6 Å². The summed E-state index contributed by atoms with van der Waals surface area (Å²) < 4.78 is 4.71. The molecule has 0 spiro atoms. The number of aromatic nitrogens is 1. The minimum absolute atomic E-state index is 0.0570. The van der Waals surface area contributed by atoms with Gasteiger partial charge in [-0.3, -0.25) is 4.98 Å². The predicted molar refractivity (Wildman–Crippen MR) is 109 cm³/mol. The van der Waals surface area contributed by atoms with E-state index < -0.39 is 6.16 Å². The van der Waals surface area contributed by atoms with Crippen LogP contribution in [-0.2, 0) is 16.2 Å². The molecule has 0 unspecified atom stereocenters. The fraction of sp³-hybridized carbons (Fsp3) is 0.500. The predicted octanol–water partition coefficient (Wildman–Crippen LogP) is 5.88. The van der Waals surface area contributed by atoms with Gasteiger partial charge in [0.25, 0.3) is 0 Å². The zero-order valence-corrected chi connectivity index (χ0v) is 17.4. The van der Waals surface area contributed by atoms with E-state index >= 15 is 0 Å². The van der Waals surface area contributed by atoms with Crippen LogP contribution >= 0.6 is 0 Å². The van der Waals surface area contributed by atoms with Crippen molar-refractivity contribution in [2.45, 2.75) is 76.5 Å². The van der Waals surface area contributed by atoms with Gasteiger partial charge in [-0.1, -0.05) is 39.8 Å². The molecule has 4 heteroatoms. The van der Waals surface area contributed by atoms with Gasteiger partial charge in [0.05, 0.1) is 11.9 Å². The topological polar surface area (TPSA) is 59.4 Å².